The van der Waals surface area contributed by atoms with Gasteiger partial charge in [-0.1, -0.05) is 30.3 Å². The van der Waals surface area contributed by atoms with Crippen molar-refractivity contribution in [2.24, 2.45) is 0 Å². The average Bonchev–Trinajstić information content (AvgIpc) is 3.35. The summed E-state index contributed by atoms with van der Waals surface area (Å²) >= 11 is 0. The summed E-state index contributed by atoms with van der Waals surface area (Å²) < 4.78 is 0. The molecule has 3 aromatic rings. The zero-order valence-electron chi connectivity index (χ0n) is 17.3. The summed E-state index contributed by atoms with van der Waals surface area (Å²) in [5, 5.41) is 11.2. The van der Waals surface area contributed by atoms with E-state index < -0.39 is 0 Å². The smallest absolute Gasteiger partial charge is 0.227 e. The standard InChI is InChI=1S/C24H28N6/c1-2-5-16(6-3-1)17-11-13-30(14-12-17)24-25-20-8-4-7-19(20)23(27-24)26-22-15-21(28-29-22)18-9-10-18/h1-3,5-6,15,17-18H,4,7-14H2,(H2,25,26,27,28,29). The number of H-pyrrole nitrogens is 1. The lowest BCUT2D eigenvalue weighted by Crippen LogP contribution is -2.34. The van der Waals surface area contributed by atoms with Crippen LogP contribution >= 0.6 is 0 Å². The van der Waals surface area contributed by atoms with E-state index in [4.69, 9.17) is 9.97 Å². The van der Waals surface area contributed by atoms with E-state index in [9.17, 15) is 0 Å². The summed E-state index contributed by atoms with van der Waals surface area (Å²) in [6.45, 7) is 2.01. The van der Waals surface area contributed by atoms with E-state index in [0.29, 0.717) is 11.8 Å². The fraction of sp³-hybridized carbons (Fsp3) is 0.458. The Balaban J connectivity index is 1.22. The lowest BCUT2D eigenvalue weighted by molar-refractivity contribution is 0.499. The van der Waals surface area contributed by atoms with Gasteiger partial charge in [-0.15, -0.1) is 0 Å². The molecule has 2 N–H and O–H groups in total. The quantitative estimate of drug-likeness (QED) is 0.650. The fourth-order valence-electron chi connectivity index (χ4n) is 4.93. The number of anilines is 3. The van der Waals surface area contributed by atoms with Crippen molar-refractivity contribution in [3.8, 4) is 0 Å². The molecular weight excluding hydrogens is 372 g/mol. The van der Waals surface area contributed by atoms with Crippen LogP contribution in [0.15, 0.2) is 36.4 Å². The number of benzene rings is 1. The number of aryl methyl sites for hydroxylation is 1. The molecule has 1 aliphatic heterocycles. The van der Waals surface area contributed by atoms with Gasteiger partial charge in [-0.05, 0) is 56.4 Å². The zero-order valence-corrected chi connectivity index (χ0v) is 17.3. The predicted molar refractivity (Wildman–Crippen MR) is 119 cm³/mol. The Bertz CT molecular complexity index is 1030. The van der Waals surface area contributed by atoms with Crippen molar-refractivity contribution in [2.75, 3.05) is 23.3 Å². The van der Waals surface area contributed by atoms with Gasteiger partial charge in [0, 0.05) is 36.3 Å². The highest BCUT2D eigenvalue weighted by Gasteiger charge is 2.27. The van der Waals surface area contributed by atoms with E-state index in [1.54, 1.807) is 0 Å². The molecule has 1 saturated carbocycles. The number of nitrogens with zero attached hydrogens (tertiary/aromatic N) is 4. The van der Waals surface area contributed by atoms with Gasteiger partial charge in [-0.25, -0.2) is 4.98 Å². The molecule has 2 fully saturated rings. The van der Waals surface area contributed by atoms with Crippen LogP contribution in [0.25, 0.3) is 0 Å². The molecule has 0 atom stereocenters. The third-order valence-corrected chi connectivity index (χ3v) is 6.83. The maximum atomic E-state index is 4.98. The highest BCUT2D eigenvalue weighted by atomic mass is 15.3. The SMILES string of the molecule is c1ccc(C2CCN(c3nc4c(c(Nc5cc(C6CC6)[nH]n5)n3)CCC4)CC2)cc1. The summed E-state index contributed by atoms with van der Waals surface area (Å²) in [4.78, 5) is 12.3. The van der Waals surface area contributed by atoms with Crippen molar-refractivity contribution in [2.45, 2.75) is 56.8 Å². The average molecular weight is 401 g/mol. The van der Waals surface area contributed by atoms with Crippen molar-refractivity contribution in [3.63, 3.8) is 0 Å². The molecule has 2 aliphatic carbocycles. The first kappa shape index (κ1) is 17.9. The molecular formula is C24H28N6. The van der Waals surface area contributed by atoms with E-state index in [0.717, 1.165) is 62.8 Å². The first-order valence-electron chi connectivity index (χ1n) is 11.4. The Labute approximate surface area is 177 Å². The Morgan fingerprint density at radius 1 is 0.933 bits per heavy atom. The molecule has 3 aliphatic rings. The number of rotatable bonds is 5. The molecule has 3 heterocycles. The molecule has 6 heteroatoms. The van der Waals surface area contributed by atoms with E-state index >= 15 is 0 Å². The van der Waals surface area contributed by atoms with Gasteiger partial charge >= 0.3 is 0 Å². The van der Waals surface area contributed by atoms with Gasteiger partial charge in [-0.3, -0.25) is 5.10 Å². The maximum absolute atomic E-state index is 4.98. The van der Waals surface area contributed by atoms with E-state index in [2.05, 4.69) is 56.8 Å². The molecule has 0 bridgehead atoms. The molecule has 1 aromatic carbocycles. The van der Waals surface area contributed by atoms with Gasteiger partial charge < -0.3 is 10.2 Å². The number of aromatic amines is 1. The van der Waals surface area contributed by atoms with Gasteiger partial charge in [0.05, 0.1) is 5.69 Å². The molecule has 30 heavy (non-hydrogen) atoms. The lowest BCUT2D eigenvalue weighted by Gasteiger charge is -2.32. The van der Waals surface area contributed by atoms with Crippen LogP contribution in [0.3, 0.4) is 0 Å². The summed E-state index contributed by atoms with van der Waals surface area (Å²) in [6, 6.07) is 13.0. The molecule has 2 aromatic heterocycles. The second-order valence-electron chi connectivity index (χ2n) is 8.93. The summed E-state index contributed by atoms with van der Waals surface area (Å²) in [7, 11) is 0. The number of nitrogens with one attached hydrogen (secondary N) is 2. The molecule has 0 radical (unpaired) electrons. The molecule has 0 unspecified atom stereocenters. The second kappa shape index (κ2) is 7.42. The molecule has 0 amide bonds. The number of fused-ring (bicyclic) bond motifs is 1. The van der Waals surface area contributed by atoms with Crippen LogP contribution in [0.5, 0.6) is 0 Å². The van der Waals surface area contributed by atoms with Crippen LogP contribution in [0, 0.1) is 0 Å². The van der Waals surface area contributed by atoms with Crippen LogP contribution in [0.1, 0.15) is 66.5 Å². The Hall–Kier alpha value is -2.89. The third-order valence-electron chi connectivity index (χ3n) is 6.83. The van der Waals surface area contributed by atoms with Gasteiger partial charge in [0.25, 0.3) is 0 Å². The minimum atomic E-state index is 0.638. The van der Waals surface area contributed by atoms with Crippen molar-refractivity contribution in [3.05, 3.63) is 58.9 Å². The van der Waals surface area contributed by atoms with Gasteiger partial charge in [-0.2, -0.15) is 10.1 Å². The second-order valence-corrected chi connectivity index (χ2v) is 8.93. The van der Waals surface area contributed by atoms with E-state index in [1.807, 2.05) is 0 Å². The Morgan fingerprint density at radius 2 is 1.77 bits per heavy atom. The highest BCUT2D eigenvalue weighted by molar-refractivity contribution is 5.61. The van der Waals surface area contributed by atoms with Crippen molar-refractivity contribution in [1.29, 1.82) is 0 Å². The summed E-state index contributed by atoms with van der Waals surface area (Å²) in [6.07, 6.45) is 8.10. The topological polar surface area (TPSA) is 69.7 Å². The van der Waals surface area contributed by atoms with Gasteiger partial charge in [0.1, 0.15) is 5.82 Å². The number of aromatic nitrogens is 4. The minimum absolute atomic E-state index is 0.638. The Kier molecular flexibility index (Phi) is 4.43. The molecule has 6 nitrogen and oxygen atoms in total. The predicted octanol–water partition coefficient (Wildman–Crippen LogP) is 4.69. The van der Waals surface area contributed by atoms with Crippen LogP contribution < -0.4 is 10.2 Å². The van der Waals surface area contributed by atoms with E-state index in [1.165, 1.54) is 35.4 Å². The largest absolute Gasteiger partial charge is 0.341 e. The minimum Gasteiger partial charge on any atom is -0.341 e. The maximum Gasteiger partial charge on any atom is 0.227 e. The highest BCUT2D eigenvalue weighted by Crippen LogP contribution is 2.40. The first-order valence-corrected chi connectivity index (χ1v) is 11.4. The first-order chi connectivity index (χ1) is 14.8. The third kappa shape index (κ3) is 3.44. The Morgan fingerprint density at radius 3 is 2.57 bits per heavy atom. The number of piperidine rings is 1. The van der Waals surface area contributed by atoms with Crippen LogP contribution in [-0.4, -0.2) is 33.3 Å². The monoisotopic (exact) mass is 400 g/mol. The fourth-order valence-corrected chi connectivity index (χ4v) is 4.93. The van der Waals surface area contributed by atoms with Crippen molar-refractivity contribution >= 4 is 17.6 Å². The van der Waals surface area contributed by atoms with Gasteiger partial charge in [0.2, 0.25) is 5.95 Å². The number of hydrogen-bond donors (Lipinski definition) is 2. The number of hydrogen-bond acceptors (Lipinski definition) is 5. The molecule has 6 rings (SSSR count). The molecule has 0 spiro atoms. The van der Waals surface area contributed by atoms with Crippen LogP contribution in [0.4, 0.5) is 17.6 Å². The van der Waals surface area contributed by atoms with Gasteiger partial charge in [0.15, 0.2) is 5.82 Å². The van der Waals surface area contributed by atoms with Crippen molar-refractivity contribution in [1.82, 2.24) is 20.2 Å². The zero-order chi connectivity index (χ0) is 19.9. The molecule has 1 saturated heterocycles. The molecule has 154 valence electrons. The lowest BCUT2D eigenvalue weighted by atomic mass is 9.90. The summed E-state index contributed by atoms with van der Waals surface area (Å²) in [5.41, 5.74) is 5.19. The summed E-state index contributed by atoms with van der Waals surface area (Å²) in [5.74, 6) is 4.01. The van der Waals surface area contributed by atoms with Crippen LogP contribution in [0.2, 0.25) is 0 Å². The van der Waals surface area contributed by atoms with Crippen LogP contribution in [-0.2, 0) is 12.8 Å². The van der Waals surface area contributed by atoms with E-state index in [-0.39, 0.29) is 0 Å². The normalized spacial score (nSPS) is 19.1. The van der Waals surface area contributed by atoms with Crippen molar-refractivity contribution < 1.29 is 0 Å².